The molecule has 2 atom stereocenters. The molecular formula is C26H22Br2N2. The largest absolute Gasteiger partial charge is 0.245 e. The van der Waals surface area contributed by atoms with Gasteiger partial charge in [0.25, 0.3) is 0 Å². The van der Waals surface area contributed by atoms with E-state index in [9.17, 15) is 0 Å². The van der Waals surface area contributed by atoms with Crippen LogP contribution in [0.5, 0.6) is 0 Å². The van der Waals surface area contributed by atoms with Gasteiger partial charge >= 0.3 is 0 Å². The summed E-state index contributed by atoms with van der Waals surface area (Å²) < 4.78 is 1.67. The summed E-state index contributed by atoms with van der Waals surface area (Å²) in [5, 5.41) is 0. The predicted octanol–water partition coefficient (Wildman–Crippen LogP) is 7.58. The molecule has 2 heterocycles. The maximum Gasteiger partial charge on any atom is 0.106 e. The molecule has 150 valence electrons. The van der Waals surface area contributed by atoms with E-state index in [1.54, 1.807) is 0 Å². The van der Waals surface area contributed by atoms with Crippen molar-refractivity contribution < 1.29 is 0 Å². The Labute approximate surface area is 194 Å². The summed E-state index contributed by atoms with van der Waals surface area (Å²) in [6.07, 6.45) is 0. The van der Waals surface area contributed by atoms with Crippen LogP contribution in [0.1, 0.15) is 45.5 Å². The third-order valence-electron chi connectivity index (χ3n) is 5.25. The summed E-state index contributed by atoms with van der Waals surface area (Å²) in [6, 6.07) is 29.7. The lowest BCUT2D eigenvalue weighted by Gasteiger charge is -2.28. The van der Waals surface area contributed by atoms with E-state index in [2.05, 4.69) is 119 Å². The maximum absolute atomic E-state index is 4.87. The smallest absolute Gasteiger partial charge is 0.106 e. The van der Waals surface area contributed by atoms with Crippen molar-refractivity contribution >= 4 is 31.9 Å². The molecule has 0 bridgehead atoms. The molecule has 0 radical (unpaired) electrons. The van der Waals surface area contributed by atoms with Crippen LogP contribution in [0.2, 0.25) is 0 Å². The van der Waals surface area contributed by atoms with Crippen LogP contribution in [0.25, 0.3) is 0 Å². The third-order valence-corrected chi connectivity index (χ3v) is 6.13. The van der Waals surface area contributed by atoms with Crippen molar-refractivity contribution in [3.63, 3.8) is 0 Å². The number of pyridine rings is 2. The molecule has 0 saturated heterocycles. The quantitative estimate of drug-likeness (QED) is 0.253. The Morgan fingerprint density at radius 2 is 0.967 bits per heavy atom. The van der Waals surface area contributed by atoms with Crippen molar-refractivity contribution in [2.75, 3.05) is 0 Å². The first-order valence-electron chi connectivity index (χ1n) is 9.89. The molecule has 0 unspecified atom stereocenters. The van der Waals surface area contributed by atoms with Gasteiger partial charge in [-0.1, -0.05) is 71.8 Å². The first-order chi connectivity index (χ1) is 14.5. The van der Waals surface area contributed by atoms with Crippen LogP contribution >= 0.6 is 31.9 Å². The second-order valence-electron chi connectivity index (χ2n) is 7.55. The molecule has 4 heteroatoms. The highest BCUT2D eigenvalue weighted by molar-refractivity contribution is 9.10. The minimum absolute atomic E-state index is 0.0194. The SMILES string of the molecule is Cc1cccc([C@H](c2cccc(Br)n2)[C@H](c2cccc(C)c2)c2cccc(Br)n2)c1. The zero-order valence-electron chi connectivity index (χ0n) is 16.9. The molecule has 0 aliphatic carbocycles. The highest BCUT2D eigenvalue weighted by Crippen LogP contribution is 2.42. The number of benzene rings is 2. The van der Waals surface area contributed by atoms with E-state index in [4.69, 9.17) is 9.97 Å². The molecule has 0 amide bonds. The molecule has 2 aromatic carbocycles. The number of nitrogens with zero attached hydrogens (tertiary/aromatic N) is 2. The van der Waals surface area contributed by atoms with Crippen molar-refractivity contribution in [2.24, 2.45) is 0 Å². The van der Waals surface area contributed by atoms with Gasteiger partial charge < -0.3 is 0 Å². The molecule has 0 aliphatic heterocycles. The van der Waals surface area contributed by atoms with Crippen LogP contribution in [0, 0.1) is 13.8 Å². The zero-order chi connectivity index (χ0) is 21.1. The average molecular weight is 522 g/mol. The summed E-state index contributed by atoms with van der Waals surface area (Å²) >= 11 is 7.14. The fourth-order valence-corrected chi connectivity index (χ4v) is 4.70. The number of aromatic nitrogens is 2. The van der Waals surface area contributed by atoms with E-state index in [0.717, 1.165) is 20.6 Å². The second-order valence-corrected chi connectivity index (χ2v) is 9.18. The monoisotopic (exact) mass is 520 g/mol. The minimum Gasteiger partial charge on any atom is -0.245 e. The Bertz CT molecular complexity index is 989. The van der Waals surface area contributed by atoms with Crippen molar-refractivity contribution in [1.82, 2.24) is 9.97 Å². The van der Waals surface area contributed by atoms with Crippen LogP contribution in [0.4, 0.5) is 0 Å². The average Bonchev–Trinajstić information content (AvgIpc) is 2.72. The summed E-state index contributed by atoms with van der Waals surface area (Å²) in [5.74, 6) is 0.0389. The highest BCUT2D eigenvalue weighted by atomic mass is 79.9. The Balaban J connectivity index is 1.99. The molecule has 0 spiro atoms. The molecule has 0 N–H and O–H groups in total. The lowest BCUT2D eigenvalue weighted by molar-refractivity contribution is 0.654. The summed E-state index contributed by atoms with van der Waals surface area (Å²) in [4.78, 5) is 9.75. The van der Waals surface area contributed by atoms with E-state index in [-0.39, 0.29) is 11.8 Å². The summed E-state index contributed by atoms with van der Waals surface area (Å²) in [7, 11) is 0. The molecule has 2 nitrogen and oxygen atoms in total. The van der Waals surface area contributed by atoms with Crippen molar-refractivity contribution in [3.8, 4) is 0 Å². The second kappa shape index (κ2) is 9.23. The summed E-state index contributed by atoms with van der Waals surface area (Å²) in [5.41, 5.74) is 6.96. The number of aryl methyl sites for hydroxylation is 2. The predicted molar refractivity (Wildman–Crippen MR) is 130 cm³/mol. The molecule has 0 fully saturated rings. The molecule has 2 aromatic heterocycles. The maximum atomic E-state index is 4.87. The Morgan fingerprint density at radius 3 is 1.33 bits per heavy atom. The molecule has 0 saturated carbocycles. The highest BCUT2D eigenvalue weighted by Gasteiger charge is 2.30. The normalized spacial score (nSPS) is 13.1. The van der Waals surface area contributed by atoms with Gasteiger partial charge in [-0.05, 0) is 81.1 Å². The van der Waals surface area contributed by atoms with Gasteiger partial charge in [0.05, 0.1) is 11.4 Å². The first-order valence-corrected chi connectivity index (χ1v) is 11.5. The standard InChI is InChI=1S/C26H22Br2N2/c1-17-7-3-9-19(15-17)25(21-11-5-13-23(27)29-21)26(20-10-4-8-18(2)16-20)22-12-6-14-24(28)30-22/h3-16,25-26H,1-2H3/t25-,26-/m1/s1. The van der Waals surface area contributed by atoms with Crippen molar-refractivity contribution in [2.45, 2.75) is 25.7 Å². The lowest BCUT2D eigenvalue weighted by atomic mass is 9.76. The van der Waals surface area contributed by atoms with Gasteiger partial charge in [0.2, 0.25) is 0 Å². The Kier molecular flexibility index (Phi) is 6.45. The van der Waals surface area contributed by atoms with Gasteiger partial charge in [-0.25, -0.2) is 9.97 Å². The fraction of sp³-hybridized carbons (Fsp3) is 0.154. The summed E-state index contributed by atoms with van der Waals surface area (Å²) in [6.45, 7) is 4.27. The van der Waals surface area contributed by atoms with Crippen LogP contribution in [-0.2, 0) is 0 Å². The Morgan fingerprint density at radius 1 is 0.567 bits per heavy atom. The van der Waals surface area contributed by atoms with E-state index >= 15 is 0 Å². The van der Waals surface area contributed by atoms with Gasteiger partial charge in [0.1, 0.15) is 9.21 Å². The third kappa shape index (κ3) is 4.71. The lowest BCUT2D eigenvalue weighted by Crippen LogP contribution is -2.17. The molecule has 30 heavy (non-hydrogen) atoms. The van der Waals surface area contributed by atoms with E-state index in [1.165, 1.54) is 22.3 Å². The number of hydrogen-bond acceptors (Lipinski definition) is 2. The zero-order valence-corrected chi connectivity index (χ0v) is 20.1. The van der Waals surface area contributed by atoms with Crippen LogP contribution in [-0.4, -0.2) is 9.97 Å². The molecule has 4 rings (SSSR count). The van der Waals surface area contributed by atoms with Crippen molar-refractivity contribution in [1.29, 1.82) is 0 Å². The molecule has 4 aromatic rings. The topological polar surface area (TPSA) is 25.8 Å². The van der Waals surface area contributed by atoms with E-state index < -0.39 is 0 Å². The van der Waals surface area contributed by atoms with E-state index in [1.807, 2.05) is 12.1 Å². The number of hydrogen-bond donors (Lipinski definition) is 0. The van der Waals surface area contributed by atoms with Gasteiger partial charge in [0.15, 0.2) is 0 Å². The van der Waals surface area contributed by atoms with Crippen LogP contribution in [0.3, 0.4) is 0 Å². The van der Waals surface area contributed by atoms with Crippen LogP contribution in [0.15, 0.2) is 94.1 Å². The van der Waals surface area contributed by atoms with Gasteiger partial charge in [-0.2, -0.15) is 0 Å². The van der Waals surface area contributed by atoms with Crippen molar-refractivity contribution in [3.05, 3.63) is 128 Å². The fourth-order valence-electron chi connectivity index (χ4n) is 3.99. The van der Waals surface area contributed by atoms with Gasteiger partial charge in [-0.15, -0.1) is 0 Å². The van der Waals surface area contributed by atoms with E-state index in [0.29, 0.717) is 0 Å². The van der Waals surface area contributed by atoms with Gasteiger partial charge in [-0.3, -0.25) is 0 Å². The Hall–Kier alpha value is -2.30. The number of halogens is 2. The van der Waals surface area contributed by atoms with Gasteiger partial charge in [0, 0.05) is 11.8 Å². The van der Waals surface area contributed by atoms with Crippen LogP contribution < -0.4 is 0 Å². The molecular weight excluding hydrogens is 500 g/mol. The minimum atomic E-state index is 0.0194. The number of rotatable bonds is 5. The molecule has 0 aliphatic rings. The first kappa shape index (κ1) is 21.0.